The van der Waals surface area contributed by atoms with E-state index in [1.54, 1.807) is 43.3 Å². The summed E-state index contributed by atoms with van der Waals surface area (Å²) in [5, 5.41) is 12.5. The summed E-state index contributed by atoms with van der Waals surface area (Å²) < 4.78 is 10.6. The topological polar surface area (TPSA) is 84.9 Å². The van der Waals surface area contributed by atoms with Crippen LogP contribution in [-0.4, -0.2) is 36.3 Å². The minimum absolute atomic E-state index is 0.108. The first kappa shape index (κ1) is 20.7. The summed E-state index contributed by atoms with van der Waals surface area (Å²) in [6.45, 7) is 2.38. The molecule has 27 heavy (non-hydrogen) atoms. The predicted molar refractivity (Wildman–Crippen MR) is 102 cm³/mol. The summed E-state index contributed by atoms with van der Waals surface area (Å²) in [6.07, 6.45) is -0.606. The summed E-state index contributed by atoms with van der Waals surface area (Å²) in [7, 11) is 0. The first-order chi connectivity index (χ1) is 13.0. The van der Waals surface area contributed by atoms with Gasteiger partial charge in [0.25, 0.3) is 5.91 Å². The van der Waals surface area contributed by atoms with E-state index >= 15 is 0 Å². The van der Waals surface area contributed by atoms with Crippen LogP contribution in [-0.2, 0) is 27.3 Å². The Balaban J connectivity index is 1.77. The summed E-state index contributed by atoms with van der Waals surface area (Å²) in [5.74, 6) is -0.700. The van der Waals surface area contributed by atoms with E-state index in [2.05, 4.69) is 5.32 Å². The zero-order valence-electron chi connectivity index (χ0n) is 15.0. The number of nitrogens with one attached hydrogen (secondary N) is 1. The van der Waals surface area contributed by atoms with E-state index in [-0.39, 0.29) is 18.9 Å². The van der Waals surface area contributed by atoms with Gasteiger partial charge in [0.05, 0.1) is 0 Å². The van der Waals surface area contributed by atoms with Crippen LogP contribution in [0.1, 0.15) is 18.1 Å². The molecule has 0 heterocycles. The molecule has 0 bridgehead atoms. The molecule has 1 amide bonds. The molecule has 0 aromatic heterocycles. The number of aliphatic carboxylic acids is 1. The monoisotopic (exact) mass is 391 g/mol. The largest absolute Gasteiger partial charge is 0.484 e. The van der Waals surface area contributed by atoms with Gasteiger partial charge in [0, 0.05) is 24.6 Å². The van der Waals surface area contributed by atoms with Gasteiger partial charge in [-0.15, -0.1) is 0 Å². The third kappa shape index (κ3) is 7.29. The van der Waals surface area contributed by atoms with E-state index in [0.29, 0.717) is 23.9 Å². The van der Waals surface area contributed by atoms with Crippen molar-refractivity contribution in [2.24, 2.45) is 0 Å². The van der Waals surface area contributed by atoms with Crippen LogP contribution in [0, 0.1) is 0 Å². The standard InChI is InChI=1S/C20H22ClNO5/c1-2-26-18(20(24)25)11-14-5-9-17(10-6-14)27-13-19(23)22-12-15-3-7-16(21)8-4-15/h3-10,18H,2,11-13H2,1H3,(H,22,23)(H,24,25). The van der Waals surface area contributed by atoms with Crippen molar-refractivity contribution in [1.82, 2.24) is 5.32 Å². The fraction of sp³-hybridized carbons (Fsp3) is 0.300. The fourth-order valence-electron chi connectivity index (χ4n) is 2.36. The van der Waals surface area contributed by atoms with Gasteiger partial charge >= 0.3 is 5.97 Å². The Kier molecular flexibility index (Phi) is 8.10. The molecule has 7 heteroatoms. The number of carbonyl (C=O) groups is 2. The minimum atomic E-state index is -0.991. The first-order valence-electron chi connectivity index (χ1n) is 8.55. The molecule has 0 aliphatic carbocycles. The van der Waals surface area contributed by atoms with Crippen molar-refractivity contribution in [2.45, 2.75) is 26.0 Å². The van der Waals surface area contributed by atoms with Crippen molar-refractivity contribution in [3.05, 3.63) is 64.7 Å². The molecule has 0 saturated carbocycles. The predicted octanol–water partition coefficient (Wildman–Crippen LogP) is 3.07. The smallest absolute Gasteiger partial charge is 0.333 e. The number of hydrogen-bond acceptors (Lipinski definition) is 4. The molecule has 2 rings (SSSR count). The molecule has 1 unspecified atom stereocenters. The molecule has 0 fully saturated rings. The lowest BCUT2D eigenvalue weighted by Crippen LogP contribution is -2.28. The van der Waals surface area contributed by atoms with Gasteiger partial charge in [-0.3, -0.25) is 4.79 Å². The van der Waals surface area contributed by atoms with Crippen LogP contribution in [0.3, 0.4) is 0 Å². The average Bonchev–Trinajstić information content (AvgIpc) is 2.66. The number of carbonyl (C=O) groups excluding carboxylic acids is 1. The minimum Gasteiger partial charge on any atom is -0.484 e. The molecule has 144 valence electrons. The second-order valence-electron chi connectivity index (χ2n) is 5.82. The highest BCUT2D eigenvalue weighted by Crippen LogP contribution is 2.14. The van der Waals surface area contributed by atoms with Crippen LogP contribution in [0.5, 0.6) is 5.75 Å². The average molecular weight is 392 g/mol. The maximum absolute atomic E-state index is 11.9. The van der Waals surface area contributed by atoms with Gasteiger partial charge in [0.1, 0.15) is 5.75 Å². The van der Waals surface area contributed by atoms with Crippen molar-refractivity contribution < 1.29 is 24.2 Å². The Hall–Kier alpha value is -2.57. The van der Waals surface area contributed by atoms with Gasteiger partial charge in [-0.2, -0.15) is 0 Å². The van der Waals surface area contributed by atoms with E-state index < -0.39 is 12.1 Å². The second-order valence-corrected chi connectivity index (χ2v) is 6.26. The Morgan fingerprint density at radius 1 is 1.07 bits per heavy atom. The highest BCUT2D eigenvalue weighted by molar-refractivity contribution is 6.30. The zero-order valence-corrected chi connectivity index (χ0v) is 15.7. The van der Waals surface area contributed by atoms with Crippen molar-refractivity contribution in [3.8, 4) is 5.75 Å². The lowest BCUT2D eigenvalue weighted by atomic mass is 10.1. The van der Waals surface area contributed by atoms with Gasteiger partial charge in [-0.05, 0) is 42.3 Å². The van der Waals surface area contributed by atoms with Crippen LogP contribution < -0.4 is 10.1 Å². The highest BCUT2D eigenvalue weighted by atomic mass is 35.5. The lowest BCUT2D eigenvalue weighted by Gasteiger charge is -2.13. The molecule has 0 saturated heterocycles. The number of amides is 1. The highest BCUT2D eigenvalue weighted by Gasteiger charge is 2.17. The van der Waals surface area contributed by atoms with Crippen molar-refractivity contribution in [3.63, 3.8) is 0 Å². The SMILES string of the molecule is CCOC(Cc1ccc(OCC(=O)NCc2ccc(Cl)cc2)cc1)C(=O)O. The number of halogens is 1. The summed E-state index contributed by atoms with van der Waals surface area (Å²) >= 11 is 5.82. The van der Waals surface area contributed by atoms with Gasteiger partial charge in [0.15, 0.2) is 12.7 Å². The Labute approximate surface area is 163 Å². The third-order valence-corrected chi connectivity index (χ3v) is 4.01. The number of carboxylic acid groups (broad SMARTS) is 1. The molecule has 6 nitrogen and oxygen atoms in total. The van der Waals surface area contributed by atoms with Gasteiger partial charge in [-0.1, -0.05) is 35.9 Å². The summed E-state index contributed by atoms with van der Waals surface area (Å²) in [5.41, 5.74) is 1.76. The van der Waals surface area contributed by atoms with E-state index in [4.69, 9.17) is 26.2 Å². The first-order valence-corrected chi connectivity index (χ1v) is 8.93. The van der Waals surface area contributed by atoms with E-state index in [1.165, 1.54) is 0 Å². The molecule has 2 N–H and O–H groups in total. The number of benzene rings is 2. The summed E-state index contributed by atoms with van der Waals surface area (Å²) in [4.78, 5) is 23.0. The van der Waals surface area contributed by atoms with Crippen LogP contribution in [0.2, 0.25) is 5.02 Å². The number of carboxylic acids is 1. The van der Waals surface area contributed by atoms with Crippen molar-refractivity contribution in [1.29, 1.82) is 0 Å². The van der Waals surface area contributed by atoms with Gasteiger partial charge in [-0.25, -0.2) is 4.79 Å². The normalized spacial score (nSPS) is 11.6. The van der Waals surface area contributed by atoms with E-state index in [1.807, 2.05) is 12.1 Å². The van der Waals surface area contributed by atoms with Crippen LogP contribution >= 0.6 is 11.6 Å². The number of rotatable bonds is 10. The molecule has 0 spiro atoms. The number of ether oxygens (including phenoxy) is 2. The maximum atomic E-state index is 11.9. The van der Waals surface area contributed by atoms with Crippen LogP contribution in [0.25, 0.3) is 0 Å². The molecule has 0 aliphatic rings. The fourth-order valence-corrected chi connectivity index (χ4v) is 2.48. The molecular formula is C20H22ClNO5. The Morgan fingerprint density at radius 3 is 2.30 bits per heavy atom. The van der Waals surface area contributed by atoms with E-state index in [0.717, 1.165) is 11.1 Å². The van der Waals surface area contributed by atoms with Crippen molar-refractivity contribution in [2.75, 3.05) is 13.2 Å². The van der Waals surface area contributed by atoms with Crippen LogP contribution in [0.4, 0.5) is 0 Å². The van der Waals surface area contributed by atoms with Gasteiger partial charge in [0.2, 0.25) is 0 Å². The molecular weight excluding hydrogens is 370 g/mol. The second kappa shape index (κ2) is 10.5. The Morgan fingerprint density at radius 2 is 1.70 bits per heavy atom. The molecule has 0 radical (unpaired) electrons. The van der Waals surface area contributed by atoms with Crippen LogP contribution in [0.15, 0.2) is 48.5 Å². The maximum Gasteiger partial charge on any atom is 0.333 e. The molecule has 1 atom stereocenters. The quantitative estimate of drug-likeness (QED) is 0.650. The van der Waals surface area contributed by atoms with Crippen molar-refractivity contribution >= 4 is 23.5 Å². The molecule has 2 aromatic rings. The zero-order chi connectivity index (χ0) is 19.6. The molecule has 2 aromatic carbocycles. The number of hydrogen-bond donors (Lipinski definition) is 2. The molecule has 0 aliphatic heterocycles. The lowest BCUT2D eigenvalue weighted by molar-refractivity contribution is -0.150. The van der Waals surface area contributed by atoms with Gasteiger partial charge < -0.3 is 19.9 Å². The summed E-state index contributed by atoms with van der Waals surface area (Å²) in [6, 6.07) is 14.1. The van der Waals surface area contributed by atoms with E-state index in [9.17, 15) is 9.59 Å². The Bertz CT molecular complexity index is 746. The third-order valence-electron chi connectivity index (χ3n) is 3.76.